The van der Waals surface area contributed by atoms with E-state index in [1.807, 2.05) is 31.2 Å². The molecule has 2 rings (SSSR count). The summed E-state index contributed by atoms with van der Waals surface area (Å²) in [6.45, 7) is 3.24. The van der Waals surface area contributed by atoms with Crippen LogP contribution in [0, 0.1) is 0 Å². The molecule has 2 N–H and O–H groups in total. The van der Waals surface area contributed by atoms with Gasteiger partial charge in [-0.2, -0.15) is 0 Å². The number of anilines is 1. The quantitative estimate of drug-likeness (QED) is 0.810. The second-order valence-corrected chi connectivity index (χ2v) is 4.05. The number of rotatable bonds is 6. The van der Waals surface area contributed by atoms with Crippen molar-refractivity contribution < 1.29 is 14.0 Å². The number of methoxy groups -OCH3 is 1. The van der Waals surface area contributed by atoms with E-state index in [0.717, 1.165) is 22.6 Å². The summed E-state index contributed by atoms with van der Waals surface area (Å²) in [7, 11) is 1.63. The van der Waals surface area contributed by atoms with Gasteiger partial charge in [-0.15, -0.1) is 0 Å². The highest BCUT2D eigenvalue weighted by molar-refractivity contribution is 5.75. The van der Waals surface area contributed by atoms with Gasteiger partial charge < -0.3 is 19.7 Å². The molecule has 0 saturated carbocycles. The Morgan fingerprint density at radius 1 is 1.37 bits per heavy atom. The molecule has 19 heavy (non-hydrogen) atoms. The van der Waals surface area contributed by atoms with Crippen molar-refractivity contribution in [3.8, 4) is 16.9 Å². The number of benzene rings is 1. The predicted octanol–water partition coefficient (Wildman–Crippen LogP) is 2.51. The molecule has 1 heterocycles. The van der Waals surface area contributed by atoms with Gasteiger partial charge in [0.25, 0.3) is 0 Å². The minimum atomic E-state index is 0.319. The Hall–Kier alpha value is -2.01. The highest BCUT2D eigenvalue weighted by Crippen LogP contribution is 2.32. The molecule has 0 aliphatic heterocycles. The van der Waals surface area contributed by atoms with Gasteiger partial charge in [-0.1, -0.05) is 17.3 Å². The minimum absolute atomic E-state index is 0.319. The fraction of sp³-hybridized carbons (Fsp3) is 0.357. The summed E-state index contributed by atoms with van der Waals surface area (Å²) in [5, 5.41) is 4.00. The van der Waals surface area contributed by atoms with Gasteiger partial charge in [-0.05, 0) is 24.6 Å². The van der Waals surface area contributed by atoms with Gasteiger partial charge in [0, 0.05) is 13.0 Å². The van der Waals surface area contributed by atoms with Crippen molar-refractivity contribution in [2.24, 2.45) is 0 Å². The van der Waals surface area contributed by atoms with Crippen LogP contribution < -0.4 is 10.5 Å². The Labute approximate surface area is 112 Å². The molecule has 1 aromatic heterocycles. The summed E-state index contributed by atoms with van der Waals surface area (Å²) in [4.78, 5) is 0. The molecule has 0 aliphatic rings. The Kier molecular flexibility index (Phi) is 4.41. The van der Waals surface area contributed by atoms with Gasteiger partial charge in [0.2, 0.25) is 5.88 Å². The maximum Gasteiger partial charge on any atom is 0.230 e. The predicted molar refractivity (Wildman–Crippen MR) is 73.1 cm³/mol. The Morgan fingerprint density at radius 3 is 2.95 bits per heavy atom. The van der Waals surface area contributed by atoms with Crippen LogP contribution in [0.5, 0.6) is 5.75 Å². The number of nitrogen functional groups attached to an aromatic ring is 1. The van der Waals surface area contributed by atoms with E-state index in [0.29, 0.717) is 25.5 Å². The molecule has 0 saturated heterocycles. The van der Waals surface area contributed by atoms with E-state index < -0.39 is 0 Å². The molecule has 1 aromatic carbocycles. The van der Waals surface area contributed by atoms with Gasteiger partial charge in [-0.25, -0.2) is 0 Å². The van der Waals surface area contributed by atoms with Gasteiger partial charge in [0.05, 0.1) is 25.0 Å². The Bertz CT molecular complexity index is 537. The number of nitrogens with two attached hydrogens (primary N) is 1. The highest BCUT2D eigenvalue weighted by atomic mass is 16.5. The van der Waals surface area contributed by atoms with E-state index in [2.05, 4.69) is 5.16 Å². The molecule has 0 spiro atoms. The molecule has 0 atom stereocenters. The Balaban J connectivity index is 2.29. The van der Waals surface area contributed by atoms with Crippen LogP contribution in [-0.4, -0.2) is 25.5 Å². The lowest BCUT2D eigenvalue weighted by Gasteiger charge is -2.05. The first-order chi connectivity index (χ1) is 9.26. The van der Waals surface area contributed by atoms with Gasteiger partial charge in [-0.3, -0.25) is 0 Å². The molecule has 2 aromatic rings. The van der Waals surface area contributed by atoms with Crippen LogP contribution in [0.25, 0.3) is 11.1 Å². The van der Waals surface area contributed by atoms with Crippen molar-refractivity contribution in [3.63, 3.8) is 0 Å². The fourth-order valence-corrected chi connectivity index (χ4v) is 1.91. The van der Waals surface area contributed by atoms with Crippen molar-refractivity contribution in [3.05, 3.63) is 30.0 Å². The largest absolute Gasteiger partial charge is 0.497 e. The van der Waals surface area contributed by atoms with Crippen LogP contribution in [-0.2, 0) is 11.2 Å². The third-order valence-electron chi connectivity index (χ3n) is 2.83. The van der Waals surface area contributed by atoms with E-state index in [1.165, 1.54) is 0 Å². The summed E-state index contributed by atoms with van der Waals surface area (Å²) in [5.74, 6) is 1.09. The molecular weight excluding hydrogens is 244 g/mol. The zero-order chi connectivity index (χ0) is 13.7. The van der Waals surface area contributed by atoms with E-state index in [4.69, 9.17) is 19.7 Å². The van der Waals surface area contributed by atoms with Crippen molar-refractivity contribution in [1.29, 1.82) is 0 Å². The van der Waals surface area contributed by atoms with Crippen LogP contribution in [0.1, 0.15) is 12.6 Å². The van der Waals surface area contributed by atoms with Crippen molar-refractivity contribution in [1.82, 2.24) is 5.16 Å². The fourth-order valence-electron chi connectivity index (χ4n) is 1.91. The molecule has 0 aliphatic carbocycles. The Morgan fingerprint density at radius 2 is 2.21 bits per heavy atom. The van der Waals surface area contributed by atoms with Crippen molar-refractivity contribution in [2.45, 2.75) is 13.3 Å². The van der Waals surface area contributed by atoms with Gasteiger partial charge >= 0.3 is 0 Å². The molecular formula is C14H18N2O3. The first-order valence-electron chi connectivity index (χ1n) is 6.22. The zero-order valence-electron chi connectivity index (χ0n) is 11.2. The van der Waals surface area contributed by atoms with E-state index in [-0.39, 0.29) is 0 Å². The molecule has 5 heteroatoms. The molecule has 0 radical (unpaired) electrons. The number of aromatic nitrogens is 1. The second kappa shape index (κ2) is 6.24. The zero-order valence-corrected chi connectivity index (χ0v) is 11.2. The van der Waals surface area contributed by atoms with Crippen LogP contribution in [0.2, 0.25) is 0 Å². The molecule has 0 fully saturated rings. The highest BCUT2D eigenvalue weighted by Gasteiger charge is 2.15. The average Bonchev–Trinajstić information content (AvgIpc) is 2.80. The summed E-state index contributed by atoms with van der Waals surface area (Å²) in [6.07, 6.45) is 0.668. The second-order valence-electron chi connectivity index (χ2n) is 4.05. The summed E-state index contributed by atoms with van der Waals surface area (Å²) in [5.41, 5.74) is 8.42. The number of hydrogen-bond acceptors (Lipinski definition) is 5. The standard InChI is InChI=1S/C14H18N2O3/c1-3-18-8-7-12-13(14(15)19-16-12)10-5-4-6-11(9-10)17-2/h4-6,9H,3,7-8,15H2,1-2H3. The van der Waals surface area contributed by atoms with Crippen LogP contribution in [0.15, 0.2) is 28.8 Å². The van der Waals surface area contributed by atoms with E-state index in [1.54, 1.807) is 7.11 Å². The first kappa shape index (κ1) is 13.4. The van der Waals surface area contributed by atoms with Crippen LogP contribution >= 0.6 is 0 Å². The number of nitrogens with zero attached hydrogens (tertiary/aromatic N) is 1. The third kappa shape index (κ3) is 3.06. The summed E-state index contributed by atoms with van der Waals surface area (Å²) >= 11 is 0. The molecule has 0 bridgehead atoms. The topological polar surface area (TPSA) is 70.5 Å². The van der Waals surface area contributed by atoms with Crippen LogP contribution in [0.3, 0.4) is 0 Å². The average molecular weight is 262 g/mol. The molecule has 5 nitrogen and oxygen atoms in total. The maximum absolute atomic E-state index is 5.86. The molecule has 0 amide bonds. The van der Waals surface area contributed by atoms with Gasteiger partial charge in [0.1, 0.15) is 5.75 Å². The van der Waals surface area contributed by atoms with Crippen LogP contribution in [0.4, 0.5) is 5.88 Å². The van der Waals surface area contributed by atoms with Crippen molar-refractivity contribution in [2.75, 3.05) is 26.1 Å². The molecule has 102 valence electrons. The third-order valence-corrected chi connectivity index (χ3v) is 2.83. The lowest BCUT2D eigenvalue weighted by Crippen LogP contribution is -2.00. The van der Waals surface area contributed by atoms with E-state index in [9.17, 15) is 0 Å². The van der Waals surface area contributed by atoms with Crippen molar-refractivity contribution >= 4 is 5.88 Å². The summed E-state index contributed by atoms with van der Waals surface area (Å²) in [6, 6.07) is 7.66. The number of hydrogen-bond donors (Lipinski definition) is 1. The van der Waals surface area contributed by atoms with Gasteiger partial charge in [0.15, 0.2) is 0 Å². The number of ether oxygens (including phenoxy) is 2. The SMILES string of the molecule is CCOCCc1noc(N)c1-c1cccc(OC)c1. The minimum Gasteiger partial charge on any atom is -0.497 e. The lowest BCUT2D eigenvalue weighted by molar-refractivity contribution is 0.149. The normalized spacial score (nSPS) is 10.6. The maximum atomic E-state index is 5.86. The molecule has 0 unspecified atom stereocenters. The van der Waals surface area contributed by atoms with E-state index >= 15 is 0 Å². The monoisotopic (exact) mass is 262 g/mol. The summed E-state index contributed by atoms with van der Waals surface area (Å²) < 4.78 is 15.6. The first-order valence-corrected chi connectivity index (χ1v) is 6.22. The smallest absolute Gasteiger partial charge is 0.230 e. The lowest BCUT2D eigenvalue weighted by atomic mass is 10.0.